The van der Waals surface area contributed by atoms with Crippen LogP contribution >= 0.6 is 0 Å². The van der Waals surface area contributed by atoms with E-state index in [0.717, 1.165) is 16.5 Å². The first-order valence-corrected chi connectivity index (χ1v) is 12.9. The summed E-state index contributed by atoms with van der Waals surface area (Å²) in [5.74, 6) is -3.65. The molecule has 1 aromatic carbocycles. The molecular weight excluding hydrogens is 523 g/mol. The van der Waals surface area contributed by atoms with E-state index in [2.05, 4.69) is 25.4 Å². The van der Waals surface area contributed by atoms with Crippen molar-refractivity contribution in [3.8, 4) is 5.75 Å². The van der Waals surface area contributed by atoms with Gasteiger partial charge in [-0.3, -0.25) is 24.3 Å². The van der Waals surface area contributed by atoms with Crippen molar-refractivity contribution in [3.05, 3.63) is 47.4 Å². The molecule has 8 nitrogen and oxygen atoms in total. The van der Waals surface area contributed by atoms with Crippen molar-refractivity contribution in [2.24, 2.45) is 0 Å². The number of benzene rings is 1. The summed E-state index contributed by atoms with van der Waals surface area (Å²) in [6.45, 7) is -1.94. The molecule has 0 spiro atoms. The molecule has 13 heteroatoms. The molecule has 3 N–H and O–H groups in total. The Labute approximate surface area is 222 Å². The molecule has 1 fully saturated rings. The summed E-state index contributed by atoms with van der Waals surface area (Å²) in [6, 6.07) is 3.59. The lowest BCUT2D eigenvalue weighted by Gasteiger charge is -2.43. The molecule has 0 aliphatic carbocycles. The van der Waals surface area contributed by atoms with E-state index in [1.54, 1.807) is 25.3 Å². The van der Waals surface area contributed by atoms with Gasteiger partial charge in [0.1, 0.15) is 12.3 Å². The van der Waals surface area contributed by atoms with Crippen LogP contribution in [0.2, 0.25) is 0 Å². The second kappa shape index (κ2) is 11.2. The van der Waals surface area contributed by atoms with E-state index in [1.165, 1.54) is 17.2 Å². The van der Waals surface area contributed by atoms with Crippen molar-refractivity contribution in [2.45, 2.75) is 50.4 Å². The van der Waals surface area contributed by atoms with Crippen molar-refractivity contribution in [1.29, 1.82) is 0 Å². The second-order valence-electron chi connectivity index (χ2n) is 10.2. The van der Waals surface area contributed by atoms with Gasteiger partial charge >= 0.3 is 6.61 Å². The van der Waals surface area contributed by atoms with Crippen LogP contribution in [0.1, 0.15) is 36.2 Å². The lowest BCUT2D eigenvalue weighted by Crippen LogP contribution is -2.54. The molecule has 2 atom stereocenters. The minimum Gasteiger partial charge on any atom is -0.433 e. The molecule has 5 rings (SSSR count). The van der Waals surface area contributed by atoms with E-state index in [4.69, 9.17) is 4.74 Å². The average molecular weight is 555 g/mol. The first-order chi connectivity index (χ1) is 18.7. The van der Waals surface area contributed by atoms with Crippen LogP contribution in [0.4, 0.5) is 27.6 Å². The fourth-order valence-electron chi connectivity index (χ4n) is 5.58. The summed E-state index contributed by atoms with van der Waals surface area (Å²) in [5.41, 5.74) is 2.78. The maximum Gasteiger partial charge on any atom is 0.387 e. The number of aliphatic hydroxyl groups excluding tert-OH is 1. The van der Waals surface area contributed by atoms with E-state index in [1.807, 2.05) is 0 Å². The number of pyridine rings is 1. The van der Waals surface area contributed by atoms with Crippen molar-refractivity contribution < 1.29 is 31.8 Å². The Morgan fingerprint density at radius 3 is 2.77 bits per heavy atom. The number of aliphatic hydroxyl groups is 1. The van der Waals surface area contributed by atoms with E-state index in [9.17, 15) is 27.1 Å². The third-order valence-corrected chi connectivity index (χ3v) is 7.40. The van der Waals surface area contributed by atoms with Gasteiger partial charge in [0.2, 0.25) is 0 Å². The number of ether oxygens (including phenoxy) is 1. The zero-order chi connectivity index (χ0) is 27.7. The van der Waals surface area contributed by atoms with Crippen LogP contribution in [0.3, 0.4) is 0 Å². The van der Waals surface area contributed by atoms with E-state index in [0.29, 0.717) is 43.7 Å². The van der Waals surface area contributed by atoms with E-state index < -0.39 is 37.8 Å². The largest absolute Gasteiger partial charge is 0.433 e. The van der Waals surface area contributed by atoms with Crippen molar-refractivity contribution in [2.75, 3.05) is 44.8 Å². The fraction of sp³-hybridized carbons (Fsp3) is 0.538. The molecule has 1 saturated heterocycles. The summed E-state index contributed by atoms with van der Waals surface area (Å²) >= 11 is 0. The lowest BCUT2D eigenvalue weighted by molar-refractivity contribution is -0.0875. The summed E-state index contributed by atoms with van der Waals surface area (Å²) < 4.78 is 73.6. The first-order valence-electron chi connectivity index (χ1n) is 12.9. The Hall–Kier alpha value is -3.03. The lowest BCUT2D eigenvalue weighted by atomic mass is 9.84. The number of nitrogens with zero attached hydrogens (tertiary/aromatic N) is 4. The standard InChI is InChI=1S/C26H31F5N6O2/c1-15-7-19-18(3-4-21-20(19)10-33-35-21)24(37(15)13-26(30,31)14-38)23-22(39-25(28)29)8-16(9-32-23)34-17-11-36(12-17)6-2-5-27/h3-4,8-10,15,17,24-25,34,38H,2,5-7,11-14H2,1H3,(H,33,35)/t15-,24+/m1/s1. The molecule has 2 aromatic heterocycles. The summed E-state index contributed by atoms with van der Waals surface area (Å²) in [4.78, 5) is 8.04. The van der Waals surface area contributed by atoms with Gasteiger partial charge in [0.05, 0.1) is 48.9 Å². The summed E-state index contributed by atoms with van der Waals surface area (Å²) in [5, 5.41) is 20.3. The molecule has 0 unspecified atom stereocenters. The smallest absolute Gasteiger partial charge is 0.387 e. The third kappa shape index (κ3) is 5.80. The highest BCUT2D eigenvalue weighted by Gasteiger charge is 2.42. The zero-order valence-corrected chi connectivity index (χ0v) is 21.4. The van der Waals surface area contributed by atoms with Gasteiger partial charge in [-0.05, 0) is 37.0 Å². The molecule has 4 heterocycles. The molecule has 2 aliphatic rings. The number of aromatic amines is 1. The number of rotatable bonds is 11. The van der Waals surface area contributed by atoms with Gasteiger partial charge in [-0.25, -0.2) is 8.78 Å². The number of hydrogen-bond acceptors (Lipinski definition) is 7. The molecule has 212 valence electrons. The number of alkyl halides is 5. The SMILES string of the molecule is C[C@@H]1Cc2c(ccc3[nH]ncc23)[C@@H](c2ncc(NC3CN(CCCF)C3)cc2OC(F)F)N1CC(F)(F)CO. The van der Waals surface area contributed by atoms with Crippen LogP contribution in [0.15, 0.2) is 30.6 Å². The Balaban J connectivity index is 1.52. The molecule has 39 heavy (non-hydrogen) atoms. The van der Waals surface area contributed by atoms with Crippen molar-refractivity contribution in [3.63, 3.8) is 0 Å². The predicted molar refractivity (Wildman–Crippen MR) is 135 cm³/mol. The number of fused-ring (bicyclic) bond motifs is 3. The number of likely N-dealkylation sites (tertiary alicyclic amines) is 1. The highest BCUT2D eigenvalue weighted by atomic mass is 19.3. The van der Waals surface area contributed by atoms with Crippen LogP contribution in [-0.2, 0) is 6.42 Å². The van der Waals surface area contributed by atoms with Gasteiger partial charge < -0.3 is 15.2 Å². The number of hydrogen-bond donors (Lipinski definition) is 3. The minimum atomic E-state index is -3.42. The molecule has 0 radical (unpaired) electrons. The van der Waals surface area contributed by atoms with Crippen molar-refractivity contribution >= 4 is 16.6 Å². The van der Waals surface area contributed by atoms with Gasteiger partial charge in [0.25, 0.3) is 5.92 Å². The Morgan fingerprint density at radius 1 is 1.26 bits per heavy atom. The topological polar surface area (TPSA) is 89.5 Å². The van der Waals surface area contributed by atoms with Gasteiger partial charge in [0.15, 0.2) is 5.75 Å². The van der Waals surface area contributed by atoms with Crippen LogP contribution < -0.4 is 10.1 Å². The summed E-state index contributed by atoms with van der Waals surface area (Å²) in [6.07, 6.45) is 4.00. The number of halogens is 5. The fourth-order valence-corrected chi connectivity index (χ4v) is 5.58. The quantitative estimate of drug-likeness (QED) is 0.309. The Morgan fingerprint density at radius 2 is 2.05 bits per heavy atom. The maximum atomic E-state index is 14.5. The van der Waals surface area contributed by atoms with Gasteiger partial charge in [-0.15, -0.1) is 0 Å². The highest BCUT2D eigenvalue weighted by Crippen LogP contribution is 2.44. The summed E-state index contributed by atoms with van der Waals surface area (Å²) in [7, 11) is 0. The van der Waals surface area contributed by atoms with E-state index >= 15 is 0 Å². The molecule has 0 bridgehead atoms. The molecule has 0 amide bonds. The number of anilines is 1. The Kier molecular flexibility index (Phi) is 7.92. The zero-order valence-electron chi connectivity index (χ0n) is 21.4. The van der Waals surface area contributed by atoms with Crippen LogP contribution in [0.5, 0.6) is 5.75 Å². The predicted octanol–water partition coefficient (Wildman–Crippen LogP) is 3.98. The number of H-pyrrole nitrogens is 1. The van der Waals surface area contributed by atoms with Gasteiger partial charge in [0, 0.05) is 37.1 Å². The highest BCUT2D eigenvalue weighted by molar-refractivity contribution is 5.83. The normalized spacial score (nSPS) is 20.8. The second-order valence-corrected chi connectivity index (χ2v) is 10.2. The molecule has 3 aromatic rings. The monoisotopic (exact) mass is 554 g/mol. The van der Waals surface area contributed by atoms with Crippen LogP contribution in [-0.4, -0.2) is 94.2 Å². The average Bonchev–Trinajstić information content (AvgIpc) is 3.35. The van der Waals surface area contributed by atoms with Gasteiger partial charge in [-0.2, -0.15) is 13.9 Å². The molecule has 0 saturated carbocycles. The van der Waals surface area contributed by atoms with Crippen LogP contribution in [0.25, 0.3) is 10.9 Å². The van der Waals surface area contributed by atoms with Crippen LogP contribution in [0, 0.1) is 0 Å². The molecule has 2 aliphatic heterocycles. The Bertz CT molecular complexity index is 1280. The minimum absolute atomic E-state index is 0.0289. The number of nitrogens with one attached hydrogen (secondary N) is 2. The van der Waals surface area contributed by atoms with Crippen molar-refractivity contribution in [1.82, 2.24) is 25.0 Å². The number of aromatic nitrogens is 3. The van der Waals surface area contributed by atoms with E-state index in [-0.39, 0.29) is 24.2 Å². The van der Waals surface area contributed by atoms with Gasteiger partial charge in [-0.1, -0.05) is 6.07 Å². The first kappa shape index (κ1) is 27.5. The maximum absolute atomic E-state index is 14.5. The third-order valence-electron chi connectivity index (χ3n) is 7.40. The molecular formula is C26H31F5N6O2.